The van der Waals surface area contributed by atoms with Gasteiger partial charge in [-0.25, -0.2) is 0 Å². The van der Waals surface area contributed by atoms with Crippen LogP contribution < -0.4 is 4.74 Å². The number of ether oxygens (including phenoxy) is 2. The van der Waals surface area contributed by atoms with Crippen molar-refractivity contribution >= 4 is 0 Å². The van der Waals surface area contributed by atoms with E-state index in [1.54, 1.807) is 30.3 Å². The summed E-state index contributed by atoms with van der Waals surface area (Å²) in [6.45, 7) is 3.57. The molecule has 0 radical (unpaired) electrons. The molecule has 0 bridgehead atoms. The first kappa shape index (κ1) is 19.7. The molecule has 0 aliphatic carbocycles. The summed E-state index contributed by atoms with van der Waals surface area (Å²) >= 11 is 0. The molecule has 1 aliphatic rings. The zero-order valence-corrected chi connectivity index (χ0v) is 14.8. The first-order chi connectivity index (χ1) is 13.0. The fourth-order valence-electron chi connectivity index (χ4n) is 3.06. The third kappa shape index (κ3) is 5.22. The van der Waals surface area contributed by atoms with Crippen LogP contribution >= 0.6 is 0 Å². The van der Waals surface area contributed by atoms with E-state index in [4.69, 9.17) is 9.47 Å². The van der Waals surface area contributed by atoms with Crippen LogP contribution in [-0.4, -0.2) is 49.5 Å². The molecule has 0 saturated carbocycles. The van der Waals surface area contributed by atoms with Gasteiger partial charge in [-0.2, -0.15) is 13.2 Å². The van der Waals surface area contributed by atoms with E-state index >= 15 is 0 Å². The predicted octanol–water partition coefficient (Wildman–Crippen LogP) is 3.58. The minimum atomic E-state index is -4.48. The number of halogens is 3. The first-order valence-corrected chi connectivity index (χ1v) is 8.81. The maximum absolute atomic E-state index is 13.3. The second kappa shape index (κ2) is 8.73. The molecule has 3 rings (SSSR count). The Hall–Kier alpha value is -2.09. The summed E-state index contributed by atoms with van der Waals surface area (Å²) in [6.07, 6.45) is -4.48. The second-order valence-corrected chi connectivity index (χ2v) is 6.36. The summed E-state index contributed by atoms with van der Waals surface area (Å²) < 4.78 is 50.9. The van der Waals surface area contributed by atoms with Gasteiger partial charge in [-0.15, -0.1) is 0 Å². The number of alkyl halides is 3. The first-order valence-electron chi connectivity index (χ1n) is 8.81. The molecule has 1 saturated heterocycles. The molecule has 0 aromatic heterocycles. The van der Waals surface area contributed by atoms with Gasteiger partial charge in [0.25, 0.3) is 0 Å². The van der Waals surface area contributed by atoms with Gasteiger partial charge in [0.05, 0.1) is 25.4 Å². The molecule has 0 spiro atoms. The molecular weight excluding hydrogens is 359 g/mol. The lowest BCUT2D eigenvalue weighted by atomic mass is 9.98. The molecule has 27 heavy (non-hydrogen) atoms. The predicted molar refractivity (Wildman–Crippen MR) is 95.6 cm³/mol. The number of aliphatic hydroxyl groups excluding tert-OH is 1. The van der Waals surface area contributed by atoms with Gasteiger partial charge in [-0.3, -0.25) is 4.90 Å². The largest absolute Gasteiger partial charge is 0.492 e. The Kier molecular flexibility index (Phi) is 6.36. The highest BCUT2D eigenvalue weighted by Crippen LogP contribution is 2.36. The van der Waals surface area contributed by atoms with Gasteiger partial charge in [0.2, 0.25) is 0 Å². The smallest absolute Gasteiger partial charge is 0.416 e. The van der Waals surface area contributed by atoms with E-state index in [9.17, 15) is 18.3 Å². The molecule has 1 heterocycles. The lowest BCUT2D eigenvalue weighted by Gasteiger charge is -2.26. The Bertz CT molecular complexity index is 758. The standard InChI is InChI=1S/C20H22F3NO3/c21-20(22,23)17-11-16(19-4-2-1-3-15(19)14-25)12-18(13-17)27-10-7-24-5-8-26-9-6-24/h1-4,11-13,25H,5-10,14H2. The maximum atomic E-state index is 13.3. The molecule has 0 unspecified atom stereocenters. The molecule has 2 aromatic rings. The monoisotopic (exact) mass is 381 g/mol. The van der Waals surface area contributed by atoms with Crippen LogP contribution in [0.5, 0.6) is 5.75 Å². The zero-order chi connectivity index (χ0) is 19.3. The van der Waals surface area contributed by atoms with E-state index in [-0.39, 0.29) is 12.4 Å². The number of morpholine rings is 1. The van der Waals surface area contributed by atoms with Gasteiger partial charge in [0, 0.05) is 19.6 Å². The van der Waals surface area contributed by atoms with Crippen molar-refractivity contribution < 1.29 is 27.8 Å². The van der Waals surface area contributed by atoms with Crippen molar-refractivity contribution in [3.63, 3.8) is 0 Å². The van der Waals surface area contributed by atoms with Gasteiger partial charge in [0.15, 0.2) is 0 Å². The maximum Gasteiger partial charge on any atom is 0.416 e. The molecule has 1 fully saturated rings. The number of hydrogen-bond donors (Lipinski definition) is 1. The Morgan fingerprint density at radius 3 is 2.52 bits per heavy atom. The normalized spacial score (nSPS) is 15.7. The van der Waals surface area contributed by atoms with Crippen LogP contribution in [0.25, 0.3) is 11.1 Å². The van der Waals surface area contributed by atoms with E-state index in [0.717, 1.165) is 25.2 Å². The van der Waals surface area contributed by atoms with Crippen molar-refractivity contribution in [2.45, 2.75) is 12.8 Å². The topological polar surface area (TPSA) is 41.9 Å². The lowest BCUT2D eigenvalue weighted by Crippen LogP contribution is -2.38. The summed E-state index contributed by atoms with van der Waals surface area (Å²) in [5.74, 6) is 0.167. The van der Waals surface area contributed by atoms with Crippen LogP contribution in [0.15, 0.2) is 42.5 Å². The molecule has 0 atom stereocenters. The van der Waals surface area contributed by atoms with Gasteiger partial charge in [-0.05, 0) is 34.9 Å². The van der Waals surface area contributed by atoms with Crippen molar-refractivity contribution in [1.29, 1.82) is 0 Å². The third-order valence-corrected chi connectivity index (χ3v) is 4.51. The summed E-state index contributed by atoms with van der Waals surface area (Å²) in [5, 5.41) is 9.49. The van der Waals surface area contributed by atoms with Gasteiger partial charge >= 0.3 is 6.18 Å². The van der Waals surface area contributed by atoms with E-state index < -0.39 is 11.7 Å². The summed E-state index contributed by atoms with van der Waals surface area (Å²) in [7, 11) is 0. The van der Waals surface area contributed by atoms with Crippen LogP contribution in [0.4, 0.5) is 13.2 Å². The van der Waals surface area contributed by atoms with Gasteiger partial charge in [0.1, 0.15) is 12.4 Å². The summed E-state index contributed by atoms with van der Waals surface area (Å²) in [5.41, 5.74) is 0.727. The quantitative estimate of drug-likeness (QED) is 0.831. The number of nitrogens with zero attached hydrogens (tertiary/aromatic N) is 1. The highest BCUT2D eigenvalue weighted by atomic mass is 19.4. The Balaban J connectivity index is 1.82. The Labute approximate surface area is 156 Å². The van der Waals surface area contributed by atoms with Crippen LogP contribution in [0, 0.1) is 0 Å². The Morgan fingerprint density at radius 1 is 1.07 bits per heavy atom. The van der Waals surface area contributed by atoms with E-state index in [1.165, 1.54) is 0 Å². The minimum Gasteiger partial charge on any atom is -0.492 e. The van der Waals surface area contributed by atoms with Crippen molar-refractivity contribution in [2.75, 3.05) is 39.5 Å². The zero-order valence-electron chi connectivity index (χ0n) is 14.8. The van der Waals surface area contributed by atoms with Gasteiger partial charge < -0.3 is 14.6 Å². The van der Waals surface area contributed by atoms with Crippen LogP contribution in [0.2, 0.25) is 0 Å². The summed E-state index contributed by atoms with van der Waals surface area (Å²) in [4.78, 5) is 2.15. The Morgan fingerprint density at radius 2 is 1.81 bits per heavy atom. The van der Waals surface area contributed by atoms with Crippen LogP contribution in [0.3, 0.4) is 0 Å². The van der Waals surface area contributed by atoms with Crippen LogP contribution in [0.1, 0.15) is 11.1 Å². The number of benzene rings is 2. The average Bonchev–Trinajstić information content (AvgIpc) is 2.68. The minimum absolute atomic E-state index is 0.167. The SMILES string of the molecule is OCc1ccccc1-c1cc(OCCN2CCOCC2)cc(C(F)(F)F)c1. The van der Waals surface area contributed by atoms with E-state index in [1.807, 2.05) is 0 Å². The van der Waals surface area contributed by atoms with Crippen LogP contribution in [-0.2, 0) is 17.5 Å². The van der Waals surface area contributed by atoms with Crippen molar-refractivity contribution in [1.82, 2.24) is 4.90 Å². The van der Waals surface area contributed by atoms with E-state index in [0.29, 0.717) is 43.1 Å². The highest BCUT2D eigenvalue weighted by Gasteiger charge is 2.31. The van der Waals surface area contributed by atoms with Crippen molar-refractivity contribution in [2.24, 2.45) is 0 Å². The molecule has 7 heteroatoms. The molecule has 2 aromatic carbocycles. The molecule has 1 aliphatic heterocycles. The molecule has 1 N–H and O–H groups in total. The number of hydrogen-bond acceptors (Lipinski definition) is 4. The van der Waals surface area contributed by atoms with Crippen molar-refractivity contribution in [3.8, 4) is 16.9 Å². The molecule has 4 nitrogen and oxygen atoms in total. The van der Waals surface area contributed by atoms with E-state index in [2.05, 4.69) is 4.90 Å². The molecule has 146 valence electrons. The fourth-order valence-corrected chi connectivity index (χ4v) is 3.06. The molecule has 0 amide bonds. The number of rotatable bonds is 6. The second-order valence-electron chi connectivity index (χ2n) is 6.36. The third-order valence-electron chi connectivity index (χ3n) is 4.51. The summed E-state index contributed by atoms with van der Waals surface area (Å²) in [6, 6.07) is 10.5. The highest BCUT2D eigenvalue weighted by molar-refractivity contribution is 5.69. The lowest BCUT2D eigenvalue weighted by molar-refractivity contribution is -0.137. The van der Waals surface area contributed by atoms with Crippen molar-refractivity contribution in [3.05, 3.63) is 53.6 Å². The fraction of sp³-hybridized carbons (Fsp3) is 0.400. The average molecular weight is 381 g/mol. The molecular formula is C20H22F3NO3. The number of aliphatic hydroxyl groups is 1. The van der Waals surface area contributed by atoms with Gasteiger partial charge in [-0.1, -0.05) is 24.3 Å².